The van der Waals surface area contributed by atoms with Gasteiger partial charge in [0.15, 0.2) is 25.0 Å². The van der Waals surface area contributed by atoms with E-state index in [9.17, 15) is 0 Å². The van der Waals surface area contributed by atoms with Gasteiger partial charge in [-0.1, -0.05) is 12.2 Å². The van der Waals surface area contributed by atoms with Crippen LogP contribution in [0.3, 0.4) is 0 Å². The zero-order valence-electron chi connectivity index (χ0n) is 21.3. The summed E-state index contributed by atoms with van der Waals surface area (Å²) < 4.78 is 39.8. The van der Waals surface area contributed by atoms with Gasteiger partial charge >= 0.3 is 16.9 Å². The molecule has 6 nitrogen and oxygen atoms in total. The predicted molar refractivity (Wildman–Crippen MR) is 136 cm³/mol. The molecule has 1 rings (SSSR count). The van der Waals surface area contributed by atoms with Crippen LogP contribution in [0.1, 0.15) is 26.7 Å². The van der Waals surface area contributed by atoms with Crippen molar-refractivity contribution in [3.8, 4) is 0 Å². The molecule has 0 aromatic carbocycles. The summed E-state index contributed by atoms with van der Waals surface area (Å²) in [5, 5.41) is 0. The first-order chi connectivity index (χ1) is 13.4. The van der Waals surface area contributed by atoms with E-state index in [2.05, 4.69) is 65.5 Å². The smallest absolute Gasteiger partial charge is 0.374 e. The van der Waals surface area contributed by atoms with Crippen molar-refractivity contribution >= 4 is 41.8 Å². The van der Waals surface area contributed by atoms with Crippen molar-refractivity contribution < 1.29 is 26.2 Å². The lowest BCUT2D eigenvalue weighted by Crippen LogP contribution is -2.70. The Morgan fingerprint density at radius 2 is 1.50 bits per heavy atom. The van der Waals surface area contributed by atoms with Crippen molar-refractivity contribution in [2.45, 2.75) is 97.6 Å². The molecule has 2 unspecified atom stereocenters. The Bertz CT molecular complexity index is 553. The normalized spacial score (nSPS) is 24.0. The van der Waals surface area contributed by atoms with E-state index < -0.39 is 47.8 Å². The van der Waals surface area contributed by atoms with Gasteiger partial charge < -0.3 is 26.2 Å². The SMILES string of the molecule is C=C(C)CO[SiH](OCC)[Si]1(O[Si](C)(C)C)CCCC(O[Si](C)(C)C)(O[Si](C)(C)C)O1. The van der Waals surface area contributed by atoms with E-state index in [1.165, 1.54) is 0 Å². The van der Waals surface area contributed by atoms with Crippen molar-refractivity contribution in [2.24, 2.45) is 0 Å². The standard InChI is InChI=1S/C19H46O6Si5/c1-13-20-26(21-17-18(2)3)30(25-29(10,11)12)16-14-15-19(24-30,22-27(4,5)6)23-28(7,8)9/h26H,2,13-17H2,1,3-12H3. The second-order valence-corrected chi connectivity index (χ2v) is 32.8. The van der Waals surface area contributed by atoms with Crippen molar-refractivity contribution in [3.05, 3.63) is 12.2 Å². The van der Waals surface area contributed by atoms with E-state index in [-0.39, 0.29) is 0 Å². The first-order valence-electron chi connectivity index (χ1n) is 11.1. The molecule has 1 saturated heterocycles. The third-order valence-corrected chi connectivity index (χ3v) is 18.5. The Kier molecular flexibility index (Phi) is 10.2. The second-order valence-electron chi connectivity index (χ2n) is 11.1. The van der Waals surface area contributed by atoms with E-state index in [0.717, 1.165) is 24.5 Å². The van der Waals surface area contributed by atoms with Crippen LogP contribution in [-0.2, 0) is 26.2 Å². The zero-order chi connectivity index (χ0) is 23.4. The van der Waals surface area contributed by atoms with Gasteiger partial charge in [-0.3, -0.25) is 0 Å². The van der Waals surface area contributed by atoms with Crippen LogP contribution < -0.4 is 0 Å². The average Bonchev–Trinajstić information content (AvgIpc) is 2.45. The van der Waals surface area contributed by atoms with Crippen molar-refractivity contribution in [2.75, 3.05) is 13.2 Å². The molecule has 0 N–H and O–H groups in total. The monoisotopic (exact) mass is 510 g/mol. The minimum absolute atomic E-state index is 0.473. The first kappa shape index (κ1) is 28.6. The number of rotatable bonds is 12. The Morgan fingerprint density at radius 1 is 0.967 bits per heavy atom. The lowest BCUT2D eigenvalue weighted by atomic mass is 10.3. The van der Waals surface area contributed by atoms with Crippen LogP contribution in [-0.4, -0.2) is 61.0 Å². The molecule has 1 aliphatic heterocycles. The van der Waals surface area contributed by atoms with Gasteiger partial charge in [0.2, 0.25) is 0 Å². The number of hydrogen-bond donors (Lipinski definition) is 0. The highest BCUT2D eigenvalue weighted by molar-refractivity contribution is 7.24. The first-order valence-corrected chi connectivity index (χ1v) is 26.1. The van der Waals surface area contributed by atoms with Gasteiger partial charge in [0.25, 0.3) is 5.97 Å². The summed E-state index contributed by atoms with van der Waals surface area (Å²) in [5.41, 5.74) is 0.975. The summed E-state index contributed by atoms with van der Waals surface area (Å²) in [6.45, 7) is 28.7. The lowest BCUT2D eigenvalue weighted by molar-refractivity contribution is -0.284. The molecule has 0 radical (unpaired) electrons. The fraction of sp³-hybridized carbons (Fsp3) is 0.895. The van der Waals surface area contributed by atoms with Gasteiger partial charge in [0.05, 0.1) is 6.61 Å². The topological polar surface area (TPSA) is 55.4 Å². The van der Waals surface area contributed by atoms with Crippen molar-refractivity contribution in [3.63, 3.8) is 0 Å². The van der Waals surface area contributed by atoms with E-state index in [1.807, 2.05) is 13.8 Å². The van der Waals surface area contributed by atoms with E-state index in [0.29, 0.717) is 13.2 Å². The molecule has 0 aliphatic carbocycles. The van der Waals surface area contributed by atoms with Gasteiger partial charge in [-0.05, 0) is 85.2 Å². The lowest BCUT2D eigenvalue weighted by Gasteiger charge is -2.52. The van der Waals surface area contributed by atoms with E-state index in [1.54, 1.807) is 0 Å². The minimum atomic E-state index is -2.86. The summed E-state index contributed by atoms with van der Waals surface area (Å²) in [6, 6.07) is 0.857. The van der Waals surface area contributed by atoms with Crippen LogP contribution in [0.15, 0.2) is 12.2 Å². The van der Waals surface area contributed by atoms with Gasteiger partial charge in [0.1, 0.15) is 0 Å². The van der Waals surface area contributed by atoms with Crippen LogP contribution >= 0.6 is 0 Å². The highest BCUT2D eigenvalue weighted by atomic mass is 29.3. The largest absolute Gasteiger partial charge is 0.435 e. The summed E-state index contributed by atoms with van der Waals surface area (Å²) >= 11 is 0. The fourth-order valence-corrected chi connectivity index (χ4v) is 22.7. The van der Waals surface area contributed by atoms with Gasteiger partial charge in [-0.15, -0.1) is 0 Å². The quantitative estimate of drug-likeness (QED) is 0.200. The second kappa shape index (κ2) is 10.7. The van der Waals surface area contributed by atoms with E-state index >= 15 is 0 Å². The van der Waals surface area contributed by atoms with Crippen LogP contribution in [0.25, 0.3) is 0 Å². The molecule has 0 amide bonds. The van der Waals surface area contributed by atoms with Gasteiger partial charge in [-0.25, -0.2) is 0 Å². The molecule has 30 heavy (non-hydrogen) atoms. The van der Waals surface area contributed by atoms with Crippen LogP contribution in [0.4, 0.5) is 0 Å². The van der Waals surface area contributed by atoms with Crippen LogP contribution in [0, 0.1) is 0 Å². The van der Waals surface area contributed by atoms with Gasteiger partial charge in [0, 0.05) is 13.0 Å². The molecule has 0 saturated carbocycles. The maximum atomic E-state index is 7.00. The highest BCUT2D eigenvalue weighted by Gasteiger charge is 2.61. The third kappa shape index (κ3) is 10.0. The molecule has 0 aromatic rings. The third-order valence-electron chi connectivity index (χ3n) is 3.90. The summed E-state index contributed by atoms with van der Waals surface area (Å²) in [5.74, 6) is -1.05. The molecular formula is C19H46O6Si5. The predicted octanol–water partition coefficient (Wildman–Crippen LogP) is 5.38. The molecule has 1 fully saturated rings. The van der Waals surface area contributed by atoms with Crippen LogP contribution in [0.2, 0.25) is 65.0 Å². The zero-order valence-corrected chi connectivity index (χ0v) is 26.4. The van der Waals surface area contributed by atoms with E-state index in [4.69, 9.17) is 26.2 Å². The molecule has 178 valence electrons. The minimum Gasteiger partial charge on any atom is -0.435 e. The Balaban J connectivity index is 3.44. The average molecular weight is 511 g/mol. The Morgan fingerprint density at radius 3 is 1.90 bits per heavy atom. The summed E-state index contributed by atoms with van der Waals surface area (Å²) in [6.07, 6.45) is 1.65. The molecule has 1 aliphatic rings. The molecule has 0 spiro atoms. The molecule has 0 aromatic heterocycles. The summed E-state index contributed by atoms with van der Waals surface area (Å²) in [7, 11) is -11.0. The van der Waals surface area contributed by atoms with Crippen molar-refractivity contribution in [1.82, 2.24) is 0 Å². The molecule has 0 bridgehead atoms. The van der Waals surface area contributed by atoms with Crippen LogP contribution in [0.5, 0.6) is 0 Å². The fourth-order valence-electron chi connectivity index (χ4n) is 3.49. The Hall–Kier alpha value is 0.584. The van der Waals surface area contributed by atoms with Crippen molar-refractivity contribution in [1.29, 1.82) is 0 Å². The number of hydrogen-bond acceptors (Lipinski definition) is 6. The highest BCUT2D eigenvalue weighted by Crippen LogP contribution is 2.42. The Labute approximate surface area is 190 Å². The maximum absolute atomic E-state index is 7.00. The molecular weight excluding hydrogens is 465 g/mol. The molecule has 11 heteroatoms. The summed E-state index contributed by atoms with van der Waals surface area (Å²) in [4.78, 5) is 0. The molecule has 1 heterocycles. The maximum Gasteiger partial charge on any atom is 0.374 e. The van der Waals surface area contributed by atoms with Gasteiger partial charge in [-0.2, -0.15) is 0 Å². The molecule has 2 atom stereocenters.